The summed E-state index contributed by atoms with van der Waals surface area (Å²) in [6, 6.07) is 18.9. The number of aromatic nitrogens is 1. The van der Waals surface area contributed by atoms with Crippen LogP contribution in [0.2, 0.25) is 0 Å². The molecule has 0 spiro atoms. The molecule has 0 saturated heterocycles. The summed E-state index contributed by atoms with van der Waals surface area (Å²) in [7, 11) is 1.32. The maximum Gasteiger partial charge on any atom is 0.353 e. The summed E-state index contributed by atoms with van der Waals surface area (Å²) in [6.45, 7) is 0.150. The number of hydrogen-bond donors (Lipinski definition) is 1. The number of nitrogens with one attached hydrogen (secondary N) is 1. The molecule has 0 fully saturated rings. The van der Waals surface area contributed by atoms with E-state index in [0.717, 1.165) is 16.3 Å². The van der Waals surface area contributed by atoms with Gasteiger partial charge in [-0.3, -0.25) is 9.78 Å². The summed E-state index contributed by atoms with van der Waals surface area (Å²) >= 11 is 0. The Balaban J connectivity index is 1.45. The van der Waals surface area contributed by atoms with Crippen molar-refractivity contribution in [3.8, 4) is 0 Å². The maximum atomic E-state index is 12.7. The number of esters is 1. The van der Waals surface area contributed by atoms with Crippen molar-refractivity contribution >= 4 is 28.4 Å². The second-order valence-corrected chi connectivity index (χ2v) is 7.14. The van der Waals surface area contributed by atoms with E-state index in [1.165, 1.54) is 7.11 Å². The smallest absolute Gasteiger partial charge is 0.353 e. The first-order valence-electron chi connectivity index (χ1n) is 9.59. The number of hydrogen-bond acceptors (Lipinski definition) is 6. The molecule has 1 N–H and O–H groups in total. The molecule has 2 heterocycles. The highest BCUT2D eigenvalue weighted by atomic mass is 16.7. The molecule has 2 aromatic carbocycles. The van der Waals surface area contributed by atoms with E-state index < -0.39 is 11.6 Å². The quantitative estimate of drug-likeness (QED) is 0.639. The first-order valence-corrected chi connectivity index (χ1v) is 9.59. The number of amides is 1. The van der Waals surface area contributed by atoms with Crippen LogP contribution in [0.5, 0.6) is 0 Å². The van der Waals surface area contributed by atoms with Crippen LogP contribution in [0.1, 0.15) is 22.5 Å². The largest absolute Gasteiger partial charge is 0.466 e. The van der Waals surface area contributed by atoms with Crippen molar-refractivity contribution in [2.24, 2.45) is 5.16 Å². The highest BCUT2D eigenvalue weighted by molar-refractivity contribution is 6.06. The molecule has 7 heteroatoms. The van der Waals surface area contributed by atoms with Gasteiger partial charge in [-0.25, -0.2) is 4.79 Å². The van der Waals surface area contributed by atoms with Crippen molar-refractivity contribution in [3.63, 3.8) is 0 Å². The predicted octanol–water partition coefficient (Wildman–Crippen LogP) is 2.90. The Kier molecular flexibility index (Phi) is 5.43. The summed E-state index contributed by atoms with van der Waals surface area (Å²) in [6.07, 6.45) is 2.17. The summed E-state index contributed by atoms with van der Waals surface area (Å²) in [5.74, 6) is -0.805. The fourth-order valence-corrected chi connectivity index (χ4v) is 3.60. The monoisotopic (exact) mass is 403 g/mol. The number of ether oxygens (including phenoxy) is 1. The fourth-order valence-electron chi connectivity index (χ4n) is 3.60. The molecule has 30 heavy (non-hydrogen) atoms. The minimum absolute atomic E-state index is 0.150. The van der Waals surface area contributed by atoms with Gasteiger partial charge in [-0.2, -0.15) is 0 Å². The van der Waals surface area contributed by atoms with Crippen LogP contribution in [-0.4, -0.2) is 41.8 Å². The van der Waals surface area contributed by atoms with E-state index in [0.29, 0.717) is 17.8 Å². The summed E-state index contributed by atoms with van der Waals surface area (Å²) in [4.78, 5) is 35.0. The highest BCUT2D eigenvalue weighted by Crippen LogP contribution is 2.29. The first kappa shape index (κ1) is 19.6. The van der Waals surface area contributed by atoms with Gasteiger partial charge in [-0.05, 0) is 17.0 Å². The zero-order valence-corrected chi connectivity index (χ0v) is 16.5. The van der Waals surface area contributed by atoms with Gasteiger partial charge >= 0.3 is 5.97 Å². The van der Waals surface area contributed by atoms with Crippen LogP contribution >= 0.6 is 0 Å². The third-order valence-corrected chi connectivity index (χ3v) is 5.07. The summed E-state index contributed by atoms with van der Waals surface area (Å²) in [5.41, 5.74) is 0.609. The average Bonchev–Trinajstić information content (AvgIpc) is 3.21. The topological polar surface area (TPSA) is 89.9 Å². The molecule has 1 amide bonds. The third-order valence-electron chi connectivity index (χ3n) is 5.07. The van der Waals surface area contributed by atoms with Crippen molar-refractivity contribution in [1.29, 1.82) is 0 Å². The van der Waals surface area contributed by atoms with Gasteiger partial charge in [-0.15, -0.1) is 0 Å². The van der Waals surface area contributed by atoms with Gasteiger partial charge in [0.25, 0.3) is 5.91 Å². The van der Waals surface area contributed by atoms with E-state index in [9.17, 15) is 9.59 Å². The molecule has 0 aliphatic carbocycles. The molecular formula is C23H21N3O4. The normalized spacial score (nSPS) is 17.8. The number of pyridine rings is 1. The molecule has 0 radical (unpaired) electrons. The SMILES string of the molecule is COC(=O)C1(Cc2ccccc2)CC(CNC(=O)c2nccc3ccccc23)=NO1. The Morgan fingerprint density at radius 2 is 1.87 bits per heavy atom. The van der Waals surface area contributed by atoms with Crippen LogP contribution < -0.4 is 5.32 Å². The van der Waals surface area contributed by atoms with E-state index in [4.69, 9.17) is 9.57 Å². The zero-order valence-electron chi connectivity index (χ0n) is 16.5. The Morgan fingerprint density at radius 3 is 2.67 bits per heavy atom. The van der Waals surface area contributed by atoms with Crippen LogP contribution in [0.15, 0.2) is 72.0 Å². The maximum absolute atomic E-state index is 12.7. The lowest BCUT2D eigenvalue weighted by Crippen LogP contribution is -2.43. The lowest BCUT2D eigenvalue weighted by molar-refractivity contribution is -0.166. The molecular weight excluding hydrogens is 382 g/mol. The molecule has 0 bridgehead atoms. The van der Waals surface area contributed by atoms with Gasteiger partial charge in [-0.1, -0.05) is 59.8 Å². The van der Waals surface area contributed by atoms with Gasteiger partial charge in [0.2, 0.25) is 5.60 Å². The Bertz CT molecular complexity index is 1110. The van der Waals surface area contributed by atoms with E-state index in [2.05, 4.69) is 15.5 Å². The van der Waals surface area contributed by atoms with Crippen molar-refractivity contribution in [1.82, 2.24) is 10.3 Å². The van der Waals surface area contributed by atoms with Gasteiger partial charge in [0.05, 0.1) is 19.4 Å². The van der Waals surface area contributed by atoms with Gasteiger partial charge in [0.1, 0.15) is 5.69 Å². The number of oxime groups is 1. The van der Waals surface area contributed by atoms with Crippen molar-refractivity contribution in [3.05, 3.63) is 78.1 Å². The fraction of sp³-hybridized carbons (Fsp3) is 0.217. The van der Waals surface area contributed by atoms with Crippen LogP contribution in [0.3, 0.4) is 0 Å². The second-order valence-electron chi connectivity index (χ2n) is 7.14. The van der Waals surface area contributed by atoms with E-state index in [-0.39, 0.29) is 18.9 Å². The van der Waals surface area contributed by atoms with Crippen LogP contribution in [0, 0.1) is 0 Å². The molecule has 1 unspecified atom stereocenters. The van der Waals surface area contributed by atoms with Gasteiger partial charge in [0, 0.05) is 24.4 Å². The van der Waals surface area contributed by atoms with Crippen molar-refractivity contribution in [2.45, 2.75) is 18.4 Å². The Morgan fingerprint density at radius 1 is 1.10 bits per heavy atom. The minimum Gasteiger partial charge on any atom is -0.466 e. The Labute approximate surface area is 173 Å². The number of carbonyl (C=O) groups is 2. The van der Waals surface area contributed by atoms with Crippen molar-refractivity contribution < 1.29 is 19.2 Å². The second kappa shape index (κ2) is 8.32. The zero-order chi connectivity index (χ0) is 21.0. The molecule has 7 nitrogen and oxygen atoms in total. The number of fused-ring (bicyclic) bond motifs is 1. The predicted molar refractivity (Wildman–Crippen MR) is 112 cm³/mol. The minimum atomic E-state index is -1.23. The standard InChI is InChI=1S/C23H21N3O4/c1-29-22(28)23(13-16-7-3-2-4-8-16)14-18(26-30-23)15-25-21(27)20-19-10-6-5-9-17(19)11-12-24-20/h2-12H,13-15H2,1H3,(H,25,27). The average molecular weight is 403 g/mol. The number of nitrogens with zero attached hydrogens (tertiary/aromatic N) is 2. The van der Waals surface area contributed by atoms with Crippen LogP contribution in [0.25, 0.3) is 10.8 Å². The molecule has 1 aliphatic rings. The number of rotatable bonds is 6. The molecule has 152 valence electrons. The van der Waals surface area contributed by atoms with Gasteiger partial charge in [0.15, 0.2) is 0 Å². The summed E-state index contributed by atoms with van der Waals surface area (Å²) in [5, 5.41) is 8.60. The summed E-state index contributed by atoms with van der Waals surface area (Å²) < 4.78 is 4.97. The number of carbonyl (C=O) groups excluding carboxylic acids is 2. The van der Waals surface area contributed by atoms with E-state index in [1.54, 1.807) is 6.20 Å². The lowest BCUT2D eigenvalue weighted by Gasteiger charge is -2.23. The van der Waals surface area contributed by atoms with E-state index in [1.807, 2.05) is 60.7 Å². The molecule has 0 saturated carbocycles. The van der Waals surface area contributed by atoms with Crippen LogP contribution in [-0.2, 0) is 20.8 Å². The molecule has 3 aromatic rings. The lowest BCUT2D eigenvalue weighted by atomic mass is 9.89. The Hall–Kier alpha value is -3.74. The van der Waals surface area contributed by atoms with E-state index >= 15 is 0 Å². The van der Waals surface area contributed by atoms with Crippen molar-refractivity contribution in [2.75, 3.05) is 13.7 Å². The number of benzene rings is 2. The third kappa shape index (κ3) is 3.87. The van der Waals surface area contributed by atoms with Crippen LogP contribution in [0.4, 0.5) is 0 Å². The molecule has 4 rings (SSSR count). The van der Waals surface area contributed by atoms with Gasteiger partial charge < -0.3 is 14.9 Å². The molecule has 1 atom stereocenters. The molecule has 1 aromatic heterocycles. The molecule has 1 aliphatic heterocycles. The first-order chi connectivity index (χ1) is 14.6. The number of methoxy groups -OCH3 is 1. The highest BCUT2D eigenvalue weighted by Gasteiger charge is 2.47.